The fraction of sp³-hybridized carbons (Fsp3) is 0.250. The minimum atomic E-state index is -0.233. The lowest BCUT2D eigenvalue weighted by atomic mass is 10.1. The Labute approximate surface area is 135 Å². The van der Waals surface area contributed by atoms with Crippen LogP contribution < -0.4 is 5.32 Å². The normalized spacial score (nSPS) is 12.3. The van der Waals surface area contributed by atoms with E-state index in [0.717, 1.165) is 20.2 Å². The Balaban J connectivity index is 2.25. The fourth-order valence-electron chi connectivity index (χ4n) is 2.21. The summed E-state index contributed by atoms with van der Waals surface area (Å²) in [7, 11) is 0. The highest BCUT2D eigenvalue weighted by atomic mass is 79.9. The molecule has 0 radical (unpaired) electrons. The molecule has 2 aromatic rings. The first-order valence-corrected chi connectivity index (χ1v) is 7.95. The highest BCUT2D eigenvalue weighted by Gasteiger charge is 2.11. The first-order valence-electron chi connectivity index (χ1n) is 6.36. The lowest BCUT2D eigenvalue weighted by Crippen LogP contribution is -2.08. The van der Waals surface area contributed by atoms with E-state index in [1.165, 1.54) is 23.3 Å². The van der Waals surface area contributed by atoms with Crippen LogP contribution in [0.25, 0.3) is 0 Å². The second kappa shape index (κ2) is 6.27. The summed E-state index contributed by atoms with van der Waals surface area (Å²) in [6.45, 7) is 6.20. The van der Waals surface area contributed by atoms with E-state index < -0.39 is 0 Å². The molecular formula is C16H16Br2FN. The van der Waals surface area contributed by atoms with Gasteiger partial charge in [-0.3, -0.25) is 0 Å². The summed E-state index contributed by atoms with van der Waals surface area (Å²) in [5, 5.41) is 3.45. The van der Waals surface area contributed by atoms with Gasteiger partial charge in [0.05, 0.1) is 0 Å². The van der Waals surface area contributed by atoms with E-state index in [4.69, 9.17) is 0 Å². The third-order valence-electron chi connectivity index (χ3n) is 3.25. The van der Waals surface area contributed by atoms with Gasteiger partial charge in [0.15, 0.2) is 0 Å². The van der Waals surface area contributed by atoms with Crippen molar-refractivity contribution in [3.63, 3.8) is 0 Å². The average molecular weight is 401 g/mol. The van der Waals surface area contributed by atoms with Crippen molar-refractivity contribution in [3.8, 4) is 0 Å². The van der Waals surface area contributed by atoms with E-state index in [1.807, 2.05) is 0 Å². The van der Waals surface area contributed by atoms with E-state index in [2.05, 4.69) is 70.1 Å². The number of rotatable bonds is 3. The van der Waals surface area contributed by atoms with Crippen molar-refractivity contribution in [2.24, 2.45) is 0 Å². The Kier molecular flexibility index (Phi) is 4.86. The van der Waals surface area contributed by atoms with E-state index in [9.17, 15) is 4.39 Å². The fourth-order valence-corrected chi connectivity index (χ4v) is 3.13. The third kappa shape index (κ3) is 3.41. The summed E-state index contributed by atoms with van der Waals surface area (Å²) in [5.74, 6) is -0.233. The molecule has 0 aliphatic carbocycles. The monoisotopic (exact) mass is 399 g/mol. The molecule has 1 unspecified atom stereocenters. The van der Waals surface area contributed by atoms with Crippen LogP contribution in [0.4, 0.5) is 10.1 Å². The standard InChI is InChI=1S/C16H16Br2FN/c1-9-6-13(7-10(2)16(9)18)20-11(3)14-5-4-12(19)8-15(14)17/h4-8,11,20H,1-3H3. The van der Waals surface area contributed by atoms with E-state index in [1.54, 1.807) is 6.07 Å². The lowest BCUT2D eigenvalue weighted by Gasteiger charge is -2.18. The first kappa shape index (κ1) is 15.5. The van der Waals surface area contributed by atoms with Crippen LogP contribution in [0.1, 0.15) is 29.7 Å². The molecule has 1 atom stereocenters. The highest BCUT2D eigenvalue weighted by molar-refractivity contribution is 9.10. The molecule has 2 aromatic carbocycles. The van der Waals surface area contributed by atoms with E-state index in [-0.39, 0.29) is 11.9 Å². The van der Waals surface area contributed by atoms with Crippen LogP contribution >= 0.6 is 31.9 Å². The molecule has 0 aliphatic rings. The van der Waals surface area contributed by atoms with Gasteiger partial charge < -0.3 is 5.32 Å². The zero-order valence-electron chi connectivity index (χ0n) is 11.6. The van der Waals surface area contributed by atoms with Crippen molar-refractivity contribution < 1.29 is 4.39 Å². The molecule has 0 aromatic heterocycles. The van der Waals surface area contributed by atoms with Gasteiger partial charge in [-0.2, -0.15) is 0 Å². The molecule has 20 heavy (non-hydrogen) atoms. The number of anilines is 1. The number of hydrogen-bond donors (Lipinski definition) is 1. The molecule has 0 fully saturated rings. The van der Waals surface area contributed by atoms with Crippen LogP contribution in [0, 0.1) is 19.7 Å². The number of halogens is 3. The summed E-state index contributed by atoms with van der Waals surface area (Å²) in [4.78, 5) is 0. The molecule has 0 heterocycles. The van der Waals surface area contributed by atoms with Crippen LogP contribution in [0.15, 0.2) is 39.3 Å². The van der Waals surface area contributed by atoms with Gasteiger partial charge in [0.2, 0.25) is 0 Å². The molecule has 2 rings (SSSR count). The Morgan fingerprint density at radius 3 is 2.20 bits per heavy atom. The molecule has 1 nitrogen and oxygen atoms in total. The molecule has 0 spiro atoms. The van der Waals surface area contributed by atoms with Gasteiger partial charge in [0.1, 0.15) is 5.82 Å². The maximum atomic E-state index is 13.1. The second-order valence-corrected chi connectivity index (χ2v) is 6.60. The van der Waals surface area contributed by atoms with Crippen LogP contribution in [0.5, 0.6) is 0 Å². The van der Waals surface area contributed by atoms with Gasteiger partial charge in [-0.05, 0) is 61.7 Å². The predicted molar refractivity (Wildman–Crippen MR) is 89.8 cm³/mol. The van der Waals surface area contributed by atoms with Gasteiger partial charge >= 0.3 is 0 Å². The van der Waals surface area contributed by atoms with Gasteiger partial charge in [0, 0.05) is 20.7 Å². The van der Waals surface area contributed by atoms with Crippen molar-refractivity contribution in [3.05, 3.63) is 61.8 Å². The maximum Gasteiger partial charge on any atom is 0.124 e. The van der Waals surface area contributed by atoms with Crippen molar-refractivity contribution in [1.82, 2.24) is 0 Å². The smallest absolute Gasteiger partial charge is 0.124 e. The SMILES string of the molecule is Cc1cc(NC(C)c2ccc(F)cc2Br)cc(C)c1Br. The van der Waals surface area contributed by atoms with E-state index in [0.29, 0.717) is 0 Å². The average Bonchev–Trinajstić information content (AvgIpc) is 2.35. The summed E-state index contributed by atoms with van der Waals surface area (Å²) in [6, 6.07) is 9.07. The minimum absolute atomic E-state index is 0.0879. The van der Waals surface area contributed by atoms with Crippen molar-refractivity contribution >= 4 is 37.5 Å². The summed E-state index contributed by atoms with van der Waals surface area (Å²) in [6.07, 6.45) is 0. The van der Waals surface area contributed by atoms with Gasteiger partial charge in [-0.25, -0.2) is 4.39 Å². The van der Waals surface area contributed by atoms with Crippen molar-refractivity contribution in [2.45, 2.75) is 26.8 Å². The van der Waals surface area contributed by atoms with Gasteiger partial charge in [0.25, 0.3) is 0 Å². The Hall–Kier alpha value is -0.870. The summed E-state index contributed by atoms with van der Waals surface area (Å²) in [5.41, 5.74) is 4.48. The number of nitrogens with one attached hydrogen (secondary N) is 1. The highest BCUT2D eigenvalue weighted by Crippen LogP contribution is 2.30. The lowest BCUT2D eigenvalue weighted by molar-refractivity contribution is 0.625. The van der Waals surface area contributed by atoms with Crippen LogP contribution in [-0.2, 0) is 0 Å². The maximum absolute atomic E-state index is 13.1. The molecule has 0 saturated carbocycles. The Bertz CT molecular complexity index is 617. The second-order valence-electron chi connectivity index (χ2n) is 4.96. The Morgan fingerprint density at radius 1 is 1.05 bits per heavy atom. The zero-order chi connectivity index (χ0) is 14.9. The molecule has 4 heteroatoms. The Morgan fingerprint density at radius 2 is 1.65 bits per heavy atom. The molecule has 0 bridgehead atoms. The first-order chi connectivity index (χ1) is 9.38. The molecule has 0 saturated heterocycles. The van der Waals surface area contributed by atoms with Crippen LogP contribution in [0.2, 0.25) is 0 Å². The summed E-state index contributed by atoms with van der Waals surface area (Å²) >= 11 is 6.98. The van der Waals surface area contributed by atoms with Crippen molar-refractivity contribution in [2.75, 3.05) is 5.32 Å². The number of benzene rings is 2. The quantitative estimate of drug-likeness (QED) is 0.652. The third-order valence-corrected chi connectivity index (χ3v) is 5.19. The van der Waals surface area contributed by atoms with E-state index >= 15 is 0 Å². The van der Waals surface area contributed by atoms with Crippen LogP contribution in [0.3, 0.4) is 0 Å². The number of aryl methyl sites for hydroxylation is 2. The zero-order valence-corrected chi connectivity index (χ0v) is 14.8. The molecule has 106 valence electrons. The largest absolute Gasteiger partial charge is 0.378 e. The van der Waals surface area contributed by atoms with Crippen molar-refractivity contribution in [1.29, 1.82) is 0 Å². The minimum Gasteiger partial charge on any atom is -0.378 e. The predicted octanol–water partition coefficient (Wildman–Crippen LogP) is 6.14. The summed E-state index contributed by atoms with van der Waals surface area (Å²) < 4.78 is 15.1. The van der Waals surface area contributed by atoms with Gasteiger partial charge in [-0.1, -0.05) is 37.9 Å². The molecule has 1 N–H and O–H groups in total. The molecular weight excluding hydrogens is 385 g/mol. The molecule has 0 aliphatic heterocycles. The van der Waals surface area contributed by atoms with Crippen LogP contribution in [-0.4, -0.2) is 0 Å². The molecule has 0 amide bonds. The number of hydrogen-bond acceptors (Lipinski definition) is 1. The topological polar surface area (TPSA) is 12.0 Å². The van der Waals surface area contributed by atoms with Gasteiger partial charge in [-0.15, -0.1) is 0 Å².